The largest absolute Gasteiger partial charge is 3.00 e. The maximum atomic E-state index is 0. The first kappa shape index (κ1) is 30.3. The molecular formula is LaO2Yb+2. The van der Waals surface area contributed by atoms with Crippen LogP contribution in [0.25, 0.3) is 0 Å². The minimum atomic E-state index is 0. The summed E-state index contributed by atoms with van der Waals surface area (Å²) in [7, 11) is 0. The van der Waals surface area contributed by atoms with Gasteiger partial charge in [-0.2, -0.15) is 0 Å². The molecular weight excluding hydrogens is 344 g/mol. The molecule has 0 atom stereocenters. The average molecular weight is 344 g/mol. The van der Waals surface area contributed by atoms with Gasteiger partial charge >= 0.3 is 82.5 Å². The zero-order valence-electron chi connectivity index (χ0n) is 1.66. The van der Waals surface area contributed by atoms with Crippen molar-refractivity contribution in [3.05, 3.63) is 0 Å². The predicted octanol–water partition coefficient (Wildman–Crippen LogP) is -0.238. The van der Waals surface area contributed by atoms with Crippen LogP contribution >= 0.6 is 0 Å². The Hall–Kier alpha value is 2.63. The topological polar surface area (TPSA) is 57.0 Å². The Bertz CT molecular complexity index is 6.00. The van der Waals surface area contributed by atoms with Crippen LogP contribution in [0.1, 0.15) is 0 Å². The standard InChI is InChI=1S/La.2O.Yb/q+3;2*-2;+3. The maximum absolute atomic E-state index is 0. The van der Waals surface area contributed by atoms with Crippen LogP contribution in [-0.2, 0) is 11.0 Å². The van der Waals surface area contributed by atoms with Gasteiger partial charge in [-0.05, 0) is 0 Å². The van der Waals surface area contributed by atoms with E-state index < -0.39 is 0 Å². The minimum Gasteiger partial charge on any atom is -2.00 e. The SMILES string of the molecule is [La+3].[O-2].[O-2].[Yb+3]. The van der Waals surface area contributed by atoms with Crippen LogP contribution in [0.4, 0.5) is 0 Å². The summed E-state index contributed by atoms with van der Waals surface area (Å²) in [6, 6.07) is 0. The van der Waals surface area contributed by atoms with E-state index in [1.807, 2.05) is 0 Å². The van der Waals surface area contributed by atoms with E-state index in [1.165, 1.54) is 0 Å². The monoisotopic (exact) mass is 345 g/mol. The third-order valence-electron chi connectivity index (χ3n) is 0. The third-order valence-corrected chi connectivity index (χ3v) is 0. The van der Waals surface area contributed by atoms with Crippen molar-refractivity contribution in [3.63, 3.8) is 0 Å². The van der Waals surface area contributed by atoms with Gasteiger partial charge in [0.1, 0.15) is 0 Å². The first-order chi connectivity index (χ1) is 0. The normalized spacial score (nSPS) is 0. The van der Waals surface area contributed by atoms with Gasteiger partial charge in [-0.25, -0.2) is 0 Å². The van der Waals surface area contributed by atoms with Crippen LogP contribution < -0.4 is 0 Å². The molecule has 0 spiro atoms. The second-order valence-electron chi connectivity index (χ2n) is 0. The zero-order valence-corrected chi connectivity index (χ0v) is 7.00. The van der Waals surface area contributed by atoms with E-state index in [0.717, 1.165) is 0 Å². The van der Waals surface area contributed by atoms with Gasteiger partial charge in [-0.3, -0.25) is 0 Å². The molecule has 0 saturated carbocycles. The molecule has 0 amide bonds. The Morgan fingerprint density at radius 1 is 0.750 bits per heavy atom. The molecule has 0 heterocycles. The van der Waals surface area contributed by atoms with Crippen LogP contribution in [0.5, 0.6) is 0 Å². The summed E-state index contributed by atoms with van der Waals surface area (Å²) in [5, 5.41) is 0. The van der Waals surface area contributed by atoms with Gasteiger partial charge in [0.05, 0.1) is 0 Å². The van der Waals surface area contributed by atoms with Crippen molar-refractivity contribution in [2.75, 3.05) is 0 Å². The molecule has 0 bridgehead atoms. The van der Waals surface area contributed by atoms with Gasteiger partial charge < -0.3 is 11.0 Å². The van der Waals surface area contributed by atoms with Gasteiger partial charge in [0.25, 0.3) is 0 Å². The van der Waals surface area contributed by atoms with E-state index in [0.29, 0.717) is 0 Å². The molecule has 0 aliphatic heterocycles. The van der Waals surface area contributed by atoms with Crippen LogP contribution in [-0.4, -0.2) is 0 Å². The van der Waals surface area contributed by atoms with Crippen LogP contribution in [0.3, 0.4) is 0 Å². The van der Waals surface area contributed by atoms with Crippen LogP contribution in [0.15, 0.2) is 0 Å². The van der Waals surface area contributed by atoms with Crippen LogP contribution in [0.2, 0.25) is 0 Å². The molecule has 0 aliphatic carbocycles. The Labute approximate surface area is 91.2 Å². The quantitative estimate of drug-likeness (QED) is 0.583. The summed E-state index contributed by atoms with van der Waals surface area (Å²) in [5.74, 6) is 0. The molecule has 0 fully saturated rings. The summed E-state index contributed by atoms with van der Waals surface area (Å²) in [6.07, 6.45) is 0. The molecule has 0 aliphatic rings. The van der Waals surface area contributed by atoms with E-state index in [9.17, 15) is 0 Å². The summed E-state index contributed by atoms with van der Waals surface area (Å²) in [6.45, 7) is 0. The second-order valence-corrected chi connectivity index (χ2v) is 0. The summed E-state index contributed by atoms with van der Waals surface area (Å²) in [4.78, 5) is 0. The Balaban J connectivity index is 0. The fraction of sp³-hybridized carbons (Fsp3) is 0. The van der Waals surface area contributed by atoms with Crippen molar-refractivity contribution in [1.82, 2.24) is 0 Å². The van der Waals surface area contributed by atoms with Gasteiger partial charge in [-0.15, -0.1) is 0 Å². The molecule has 4 heteroatoms. The maximum Gasteiger partial charge on any atom is 3.00 e. The molecule has 0 aromatic heterocycles. The van der Waals surface area contributed by atoms with E-state index in [-0.39, 0.29) is 93.5 Å². The molecule has 0 aromatic carbocycles. The molecule has 0 N–H and O–H groups in total. The molecule has 4 heavy (non-hydrogen) atoms. The smallest absolute Gasteiger partial charge is 2.00 e. The molecule has 0 saturated heterocycles. The van der Waals surface area contributed by atoms with Gasteiger partial charge in [0.15, 0.2) is 0 Å². The summed E-state index contributed by atoms with van der Waals surface area (Å²) >= 11 is 0. The molecule has 27 valence electrons. The van der Waals surface area contributed by atoms with E-state index in [2.05, 4.69) is 0 Å². The van der Waals surface area contributed by atoms with E-state index in [1.54, 1.807) is 0 Å². The van der Waals surface area contributed by atoms with Crippen molar-refractivity contribution >= 4 is 0 Å². The van der Waals surface area contributed by atoms with E-state index in [4.69, 9.17) is 0 Å². The molecule has 0 rings (SSSR count). The second kappa shape index (κ2) is 17.4. The Morgan fingerprint density at radius 3 is 0.750 bits per heavy atom. The first-order valence-corrected chi connectivity index (χ1v) is 0. The number of hydrogen-bond donors (Lipinski definition) is 0. The van der Waals surface area contributed by atoms with Gasteiger partial charge in [0, 0.05) is 0 Å². The average Bonchev–Trinajstić information content (AvgIpc) is 0. The number of rotatable bonds is 0. The molecule has 0 unspecified atom stereocenters. The van der Waals surface area contributed by atoms with Crippen molar-refractivity contribution < 1.29 is 93.5 Å². The summed E-state index contributed by atoms with van der Waals surface area (Å²) in [5.41, 5.74) is 0. The third kappa shape index (κ3) is 8.82. The fourth-order valence-electron chi connectivity index (χ4n) is 0. The first-order valence-electron chi connectivity index (χ1n) is 0. The zero-order chi connectivity index (χ0) is 0. The Kier molecular flexibility index (Phi) is 132. The van der Waals surface area contributed by atoms with Gasteiger partial charge in [-0.1, -0.05) is 0 Å². The van der Waals surface area contributed by atoms with Crippen molar-refractivity contribution in [3.8, 4) is 0 Å². The minimum absolute atomic E-state index is 0. The number of hydrogen-bond acceptors (Lipinski definition) is 0. The van der Waals surface area contributed by atoms with Crippen molar-refractivity contribution in [2.45, 2.75) is 0 Å². The molecule has 2 nitrogen and oxygen atoms in total. The summed E-state index contributed by atoms with van der Waals surface area (Å²) < 4.78 is 0. The van der Waals surface area contributed by atoms with Crippen molar-refractivity contribution in [1.29, 1.82) is 0 Å². The predicted molar refractivity (Wildman–Crippen MR) is 1.37 cm³/mol. The molecule has 0 aromatic rings. The van der Waals surface area contributed by atoms with Crippen molar-refractivity contribution in [2.24, 2.45) is 0 Å². The Morgan fingerprint density at radius 2 is 0.750 bits per heavy atom. The fourth-order valence-corrected chi connectivity index (χ4v) is 0. The molecule has 1 radical (unpaired) electrons. The van der Waals surface area contributed by atoms with Crippen LogP contribution in [0, 0.1) is 82.5 Å². The van der Waals surface area contributed by atoms with Gasteiger partial charge in [0.2, 0.25) is 0 Å². The van der Waals surface area contributed by atoms with E-state index >= 15 is 0 Å².